The number of nitrogens with zero attached hydrogens (tertiary/aromatic N) is 1. The normalized spacial score (nSPS) is 17.2. The lowest BCUT2D eigenvalue weighted by Gasteiger charge is -2.35. The SMILES string of the molecule is CCS(=O)(=O)N1C[C@@H](C(=O)N[C@H](C)c2ccccc2OC)Oc2ccccc21. The number of sulfonamides is 1. The molecule has 0 aliphatic carbocycles. The first-order valence-corrected chi connectivity index (χ1v) is 10.7. The molecule has 3 rings (SSSR count). The zero-order valence-corrected chi connectivity index (χ0v) is 16.9. The number of rotatable bonds is 6. The molecule has 0 aromatic heterocycles. The topological polar surface area (TPSA) is 84.9 Å². The highest BCUT2D eigenvalue weighted by atomic mass is 32.2. The van der Waals surface area contributed by atoms with E-state index in [0.717, 1.165) is 5.56 Å². The van der Waals surface area contributed by atoms with Gasteiger partial charge in [-0.25, -0.2) is 8.42 Å². The van der Waals surface area contributed by atoms with Crippen LogP contribution in [-0.4, -0.2) is 39.8 Å². The first-order chi connectivity index (χ1) is 13.4. The summed E-state index contributed by atoms with van der Waals surface area (Å²) in [6, 6.07) is 13.9. The average Bonchev–Trinajstić information content (AvgIpc) is 2.72. The molecule has 0 saturated carbocycles. The summed E-state index contributed by atoms with van der Waals surface area (Å²) in [5.74, 6) is 0.591. The number of carbonyl (C=O) groups excluding carboxylic acids is 1. The third-order valence-corrected chi connectivity index (χ3v) is 6.44. The van der Waals surface area contributed by atoms with E-state index >= 15 is 0 Å². The molecular formula is C20H24N2O5S. The van der Waals surface area contributed by atoms with Crippen LogP contribution in [0.2, 0.25) is 0 Å². The number of fused-ring (bicyclic) bond motifs is 1. The van der Waals surface area contributed by atoms with Crippen molar-refractivity contribution in [3.63, 3.8) is 0 Å². The molecule has 0 radical (unpaired) electrons. The van der Waals surface area contributed by atoms with Crippen LogP contribution < -0.4 is 19.1 Å². The van der Waals surface area contributed by atoms with Crippen LogP contribution >= 0.6 is 0 Å². The van der Waals surface area contributed by atoms with Crippen molar-refractivity contribution in [1.29, 1.82) is 0 Å². The predicted octanol–water partition coefficient (Wildman–Crippen LogP) is 2.49. The van der Waals surface area contributed by atoms with E-state index in [1.165, 1.54) is 4.31 Å². The molecule has 2 atom stereocenters. The lowest BCUT2D eigenvalue weighted by molar-refractivity contribution is -0.128. The molecule has 1 heterocycles. The lowest BCUT2D eigenvalue weighted by Crippen LogP contribution is -2.51. The van der Waals surface area contributed by atoms with E-state index in [2.05, 4.69) is 5.32 Å². The monoisotopic (exact) mass is 404 g/mol. The van der Waals surface area contributed by atoms with Crippen LogP contribution in [0.3, 0.4) is 0 Å². The summed E-state index contributed by atoms with van der Waals surface area (Å²) in [5, 5.41) is 2.90. The maximum atomic E-state index is 12.9. The van der Waals surface area contributed by atoms with Crippen LogP contribution in [0.1, 0.15) is 25.5 Å². The molecule has 1 amide bonds. The Labute approximate surface area is 165 Å². The Morgan fingerprint density at radius 3 is 2.64 bits per heavy atom. The van der Waals surface area contributed by atoms with Gasteiger partial charge in [0.25, 0.3) is 5.91 Å². The number of methoxy groups -OCH3 is 1. The van der Waals surface area contributed by atoms with Gasteiger partial charge in [-0.05, 0) is 32.0 Å². The fourth-order valence-electron chi connectivity index (χ4n) is 3.17. The molecule has 28 heavy (non-hydrogen) atoms. The zero-order chi connectivity index (χ0) is 20.3. The molecule has 0 unspecified atom stereocenters. The molecule has 1 aliphatic heterocycles. The molecule has 2 aromatic rings. The lowest BCUT2D eigenvalue weighted by atomic mass is 10.1. The van der Waals surface area contributed by atoms with E-state index in [4.69, 9.17) is 9.47 Å². The van der Waals surface area contributed by atoms with E-state index in [1.54, 1.807) is 38.3 Å². The summed E-state index contributed by atoms with van der Waals surface area (Å²) in [5.41, 5.74) is 1.28. The van der Waals surface area contributed by atoms with Crippen LogP contribution in [0, 0.1) is 0 Å². The van der Waals surface area contributed by atoms with Crippen LogP contribution in [-0.2, 0) is 14.8 Å². The number of amides is 1. The number of para-hydroxylation sites is 3. The molecule has 7 nitrogen and oxygen atoms in total. The van der Waals surface area contributed by atoms with Crippen LogP contribution in [0.5, 0.6) is 11.5 Å². The Kier molecular flexibility index (Phi) is 5.79. The van der Waals surface area contributed by atoms with Crippen molar-refractivity contribution < 1.29 is 22.7 Å². The molecule has 0 saturated heterocycles. The Hall–Kier alpha value is -2.74. The molecule has 0 spiro atoms. The molecule has 150 valence electrons. The van der Waals surface area contributed by atoms with E-state index in [1.807, 2.05) is 31.2 Å². The van der Waals surface area contributed by atoms with Gasteiger partial charge in [0.1, 0.15) is 11.5 Å². The minimum absolute atomic E-state index is 0.0622. The van der Waals surface area contributed by atoms with E-state index in [9.17, 15) is 13.2 Å². The fourth-order valence-corrected chi connectivity index (χ4v) is 4.29. The number of anilines is 1. The Morgan fingerprint density at radius 2 is 1.93 bits per heavy atom. The fraction of sp³-hybridized carbons (Fsp3) is 0.350. The van der Waals surface area contributed by atoms with Crippen molar-refractivity contribution in [3.8, 4) is 11.5 Å². The van der Waals surface area contributed by atoms with Crippen molar-refractivity contribution in [3.05, 3.63) is 54.1 Å². The van der Waals surface area contributed by atoms with Gasteiger partial charge in [-0.2, -0.15) is 0 Å². The molecular weight excluding hydrogens is 380 g/mol. The number of ether oxygens (including phenoxy) is 2. The van der Waals surface area contributed by atoms with Crippen molar-refractivity contribution in [2.24, 2.45) is 0 Å². The number of hydrogen-bond acceptors (Lipinski definition) is 5. The minimum Gasteiger partial charge on any atom is -0.496 e. The van der Waals surface area contributed by atoms with Gasteiger partial charge in [-0.1, -0.05) is 30.3 Å². The summed E-state index contributed by atoms with van der Waals surface area (Å²) >= 11 is 0. The molecule has 2 aromatic carbocycles. The zero-order valence-electron chi connectivity index (χ0n) is 16.1. The van der Waals surface area contributed by atoms with Gasteiger partial charge in [0.2, 0.25) is 10.0 Å². The summed E-state index contributed by atoms with van der Waals surface area (Å²) in [7, 11) is -1.97. The van der Waals surface area contributed by atoms with Crippen molar-refractivity contribution in [2.45, 2.75) is 26.0 Å². The Balaban J connectivity index is 1.83. The maximum absolute atomic E-state index is 12.9. The van der Waals surface area contributed by atoms with Gasteiger partial charge >= 0.3 is 0 Å². The third kappa shape index (κ3) is 3.91. The largest absolute Gasteiger partial charge is 0.496 e. The highest BCUT2D eigenvalue weighted by Crippen LogP contribution is 2.35. The van der Waals surface area contributed by atoms with E-state index < -0.39 is 16.1 Å². The van der Waals surface area contributed by atoms with Crippen LogP contribution in [0.4, 0.5) is 5.69 Å². The summed E-state index contributed by atoms with van der Waals surface area (Å²) < 4.78 is 37.5. The number of hydrogen-bond donors (Lipinski definition) is 1. The van der Waals surface area contributed by atoms with Crippen molar-refractivity contribution in [1.82, 2.24) is 5.32 Å². The number of carbonyl (C=O) groups is 1. The highest BCUT2D eigenvalue weighted by Gasteiger charge is 2.36. The first-order valence-electron chi connectivity index (χ1n) is 9.06. The van der Waals surface area contributed by atoms with Gasteiger partial charge in [-0.15, -0.1) is 0 Å². The van der Waals surface area contributed by atoms with Crippen molar-refractivity contribution >= 4 is 21.6 Å². The second-order valence-corrected chi connectivity index (χ2v) is 8.66. The quantitative estimate of drug-likeness (QED) is 0.800. The van der Waals surface area contributed by atoms with Gasteiger partial charge < -0.3 is 14.8 Å². The molecule has 8 heteroatoms. The smallest absolute Gasteiger partial charge is 0.263 e. The second-order valence-electron chi connectivity index (χ2n) is 6.48. The number of nitrogens with one attached hydrogen (secondary N) is 1. The molecule has 1 N–H and O–H groups in total. The van der Waals surface area contributed by atoms with E-state index in [-0.39, 0.29) is 24.2 Å². The summed E-state index contributed by atoms with van der Waals surface area (Å²) in [6.45, 7) is 3.34. The maximum Gasteiger partial charge on any atom is 0.263 e. The van der Waals surface area contributed by atoms with E-state index in [0.29, 0.717) is 17.2 Å². The molecule has 0 bridgehead atoms. The van der Waals surface area contributed by atoms with Crippen molar-refractivity contribution in [2.75, 3.05) is 23.7 Å². The minimum atomic E-state index is -3.54. The second kappa shape index (κ2) is 8.10. The molecule has 0 fully saturated rings. The van der Waals surface area contributed by atoms with Gasteiger partial charge in [0, 0.05) is 5.56 Å². The molecule has 1 aliphatic rings. The predicted molar refractivity (Wildman–Crippen MR) is 107 cm³/mol. The standard InChI is InChI=1S/C20H24N2O5S/c1-4-28(24,25)22-13-19(27-18-12-8-6-10-16(18)22)20(23)21-14(2)15-9-5-7-11-17(15)26-3/h5-12,14,19H,4,13H2,1-3H3,(H,21,23)/t14-,19+/m1/s1. The van der Waals surface area contributed by atoms with Gasteiger partial charge in [0.15, 0.2) is 6.10 Å². The van der Waals surface area contributed by atoms with Crippen LogP contribution in [0.25, 0.3) is 0 Å². The first kappa shape index (κ1) is 20.0. The average molecular weight is 404 g/mol. The Bertz CT molecular complexity index is 961. The summed E-state index contributed by atoms with van der Waals surface area (Å²) in [4.78, 5) is 12.9. The Morgan fingerprint density at radius 1 is 1.25 bits per heavy atom. The van der Waals surface area contributed by atoms with Gasteiger partial charge in [0.05, 0.1) is 31.1 Å². The van der Waals surface area contributed by atoms with Crippen LogP contribution in [0.15, 0.2) is 48.5 Å². The summed E-state index contributed by atoms with van der Waals surface area (Å²) in [6.07, 6.45) is -0.951. The van der Waals surface area contributed by atoms with Gasteiger partial charge in [-0.3, -0.25) is 9.10 Å². The number of benzene rings is 2. The third-order valence-electron chi connectivity index (χ3n) is 4.69. The highest BCUT2D eigenvalue weighted by molar-refractivity contribution is 7.92.